The minimum absolute atomic E-state index is 0.0711. The van der Waals surface area contributed by atoms with Crippen LogP contribution in [0.25, 0.3) is 11.4 Å². The van der Waals surface area contributed by atoms with Crippen molar-refractivity contribution in [1.29, 1.82) is 0 Å². The van der Waals surface area contributed by atoms with Crippen LogP contribution in [0.5, 0.6) is 0 Å². The van der Waals surface area contributed by atoms with Gasteiger partial charge in [-0.3, -0.25) is 9.69 Å². The number of hydrogen-bond acceptors (Lipinski definition) is 5. The van der Waals surface area contributed by atoms with Gasteiger partial charge in [0.05, 0.1) is 12.5 Å². The van der Waals surface area contributed by atoms with Crippen molar-refractivity contribution in [2.75, 3.05) is 13.1 Å². The van der Waals surface area contributed by atoms with Gasteiger partial charge >= 0.3 is 0 Å². The quantitative estimate of drug-likeness (QED) is 0.828. The zero-order valence-corrected chi connectivity index (χ0v) is 15.5. The Labute approximate surface area is 155 Å². The molecule has 0 spiro atoms. The topological polar surface area (TPSA) is 71.3 Å². The molecule has 25 heavy (non-hydrogen) atoms. The van der Waals surface area contributed by atoms with Crippen molar-refractivity contribution < 1.29 is 9.32 Å². The van der Waals surface area contributed by atoms with Gasteiger partial charge in [0.15, 0.2) is 0 Å². The Morgan fingerprint density at radius 1 is 1.36 bits per heavy atom. The fourth-order valence-electron chi connectivity index (χ4n) is 3.22. The molecule has 1 aliphatic carbocycles. The maximum Gasteiger partial charge on any atom is 0.241 e. The highest BCUT2D eigenvalue weighted by Crippen LogP contribution is 2.24. The maximum atomic E-state index is 12.3. The molecule has 1 N–H and O–H groups in total. The van der Waals surface area contributed by atoms with Crippen LogP contribution < -0.4 is 5.32 Å². The van der Waals surface area contributed by atoms with Crippen LogP contribution >= 0.6 is 15.9 Å². The highest BCUT2D eigenvalue weighted by atomic mass is 79.9. The second-order valence-corrected chi connectivity index (χ2v) is 7.79. The number of aromatic nitrogens is 2. The van der Waals surface area contributed by atoms with Gasteiger partial charge in [-0.05, 0) is 44.4 Å². The molecule has 1 atom stereocenters. The Morgan fingerprint density at radius 3 is 3.04 bits per heavy atom. The Hall–Kier alpha value is -1.73. The molecule has 2 aromatic rings. The first-order valence-electron chi connectivity index (χ1n) is 8.78. The van der Waals surface area contributed by atoms with E-state index in [1.807, 2.05) is 24.3 Å². The number of benzene rings is 1. The van der Waals surface area contributed by atoms with Gasteiger partial charge < -0.3 is 9.84 Å². The van der Waals surface area contributed by atoms with Gasteiger partial charge in [0.1, 0.15) is 0 Å². The molecule has 2 heterocycles. The summed E-state index contributed by atoms with van der Waals surface area (Å²) in [6, 6.07) is 8.26. The Kier molecular flexibility index (Phi) is 4.85. The number of amides is 1. The second kappa shape index (κ2) is 7.25. The number of piperidine rings is 1. The van der Waals surface area contributed by atoms with Gasteiger partial charge in [0, 0.05) is 22.6 Å². The lowest BCUT2D eigenvalue weighted by molar-refractivity contribution is -0.127. The summed E-state index contributed by atoms with van der Waals surface area (Å²) in [5.41, 5.74) is 0.921. The third-order valence-electron chi connectivity index (χ3n) is 4.71. The van der Waals surface area contributed by atoms with E-state index >= 15 is 0 Å². The van der Waals surface area contributed by atoms with E-state index in [2.05, 4.69) is 36.3 Å². The van der Waals surface area contributed by atoms with Crippen molar-refractivity contribution in [3.8, 4) is 11.4 Å². The molecule has 1 saturated carbocycles. The summed E-state index contributed by atoms with van der Waals surface area (Å²) in [6.45, 7) is 2.31. The number of likely N-dealkylation sites (tertiary alicyclic amines) is 1. The van der Waals surface area contributed by atoms with E-state index in [1.165, 1.54) is 0 Å². The van der Waals surface area contributed by atoms with Crippen molar-refractivity contribution in [2.45, 2.75) is 38.3 Å². The molecule has 1 aromatic carbocycles. The molecule has 0 bridgehead atoms. The lowest BCUT2D eigenvalue weighted by atomic mass is 9.97. The van der Waals surface area contributed by atoms with E-state index in [1.54, 1.807) is 0 Å². The first-order valence-corrected chi connectivity index (χ1v) is 9.58. The van der Waals surface area contributed by atoms with Crippen molar-refractivity contribution in [2.24, 2.45) is 5.92 Å². The zero-order valence-electron chi connectivity index (χ0n) is 13.9. The van der Waals surface area contributed by atoms with Crippen LogP contribution in [-0.2, 0) is 11.3 Å². The summed E-state index contributed by atoms with van der Waals surface area (Å²) >= 11 is 3.46. The average Bonchev–Trinajstić information content (AvgIpc) is 3.30. The molecule has 0 radical (unpaired) electrons. The molecule has 2 fully saturated rings. The van der Waals surface area contributed by atoms with Crippen LogP contribution in [0.15, 0.2) is 33.3 Å². The first-order chi connectivity index (χ1) is 12.2. The number of nitrogens with zero attached hydrogens (tertiary/aromatic N) is 3. The lowest BCUT2D eigenvalue weighted by Crippen LogP contribution is -2.43. The van der Waals surface area contributed by atoms with E-state index in [-0.39, 0.29) is 11.8 Å². The molecule has 1 aromatic heterocycles. The Morgan fingerprint density at radius 2 is 2.24 bits per heavy atom. The molecule has 1 saturated heterocycles. The number of nitrogens with one attached hydrogen (secondary N) is 1. The number of hydrogen-bond donors (Lipinski definition) is 1. The van der Waals surface area contributed by atoms with Crippen LogP contribution in [0, 0.1) is 5.92 Å². The Bertz CT molecular complexity index is 759. The number of halogens is 1. The van der Waals surface area contributed by atoms with Crippen LogP contribution in [0.3, 0.4) is 0 Å². The van der Waals surface area contributed by atoms with Gasteiger partial charge in [-0.1, -0.05) is 33.2 Å². The molecule has 4 rings (SSSR count). The number of carbonyl (C=O) groups is 1. The van der Waals surface area contributed by atoms with E-state index in [4.69, 9.17) is 4.52 Å². The predicted molar refractivity (Wildman–Crippen MR) is 96.6 cm³/mol. The fraction of sp³-hybridized carbons (Fsp3) is 0.500. The SMILES string of the molecule is O=C(NC1CC1)C1CCCN(Cc2nc(-c3cccc(Br)c3)no2)C1. The minimum Gasteiger partial charge on any atom is -0.353 e. The molecule has 1 amide bonds. The summed E-state index contributed by atoms with van der Waals surface area (Å²) in [5.74, 6) is 1.46. The summed E-state index contributed by atoms with van der Waals surface area (Å²) in [7, 11) is 0. The largest absolute Gasteiger partial charge is 0.353 e. The second-order valence-electron chi connectivity index (χ2n) is 6.88. The van der Waals surface area contributed by atoms with Crippen LogP contribution in [0.2, 0.25) is 0 Å². The van der Waals surface area contributed by atoms with Gasteiger partial charge in [-0.2, -0.15) is 4.98 Å². The summed E-state index contributed by atoms with van der Waals surface area (Å²) in [6.07, 6.45) is 4.24. The Balaban J connectivity index is 1.37. The van der Waals surface area contributed by atoms with E-state index < -0.39 is 0 Å². The normalized spacial score (nSPS) is 21.2. The van der Waals surface area contributed by atoms with Gasteiger partial charge in [0.2, 0.25) is 17.6 Å². The lowest BCUT2D eigenvalue weighted by Gasteiger charge is -2.30. The standard InChI is InChI=1S/C18H21BrN4O2/c19-14-5-1-3-12(9-14)17-21-16(25-22-17)11-23-8-2-4-13(10-23)18(24)20-15-6-7-15/h1,3,5,9,13,15H,2,4,6-8,10-11H2,(H,20,24). The van der Waals surface area contributed by atoms with Crippen LogP contribution in [-0.4, -0.2) is 40.1 Å². The van der Waals surface area contributed by atoms with Crippen molar-refractivity contribution in [3.63, 3.8) is 0 Å². The molecular weight excluding hydrogens is 384 g/mol. The number of carbonyl (C=O) groups excluding carboxylic acids is 1. The van der Waals surface area contributed by atoms with Crippen molar-refractivity contribution >= 4 is 21.8 Å². The highest BCUT2D eigenvalue weighted by Gasteiger charge is 2.30. The van der Waals surface area contributed by atoms with Gasteiger partial charge in [-0.25, -0.2) is 0 Å². The fourth-order valence-corrected chi connectivity index (χ4v) is 3.61. The van der Waals surface area contributed by atoms with E-state index in [9.17, 15) is 4.79 Å². The first kappa shape index (κ1) is 16.7. The minimum atomic E-state index is 0.0711. The molecule has 1 aliphatic heterocycles. The molecular formula is C18H21BrN4O2. The highest BCUT2D eigenvalue weighted by molar-refractivity contribution is 9.10. The maximum absolute atomic E-state index is 12.3. The number of rotatable bonds is 5. The van der Waals surface area contributed by atoms with E-state index in [0.29, 0.717) is 24.3 Å². The van der Waals surface area contributed by atoms with Crippen LogP contribution in [0.1, 0.15) is 31.6 Å². The summed E-state index contributed by atoms with van der Waals surface area (Å²) in [5, 5.41) is 7.20. The van der Waals surface area contributed by atoms with Gasteiger partial charge in [-0.15, -0.1) is 0 Å². The van der Waals surface area contributed by atoms with Gasteiger partial charge in [0.25, 0.3) is 0 Å². The molecule has 7 heteroatoms. The molecule has 132 valence electrons. The van der Waals surface area contributed by atoms with Crippen molar-refractivity contribution in [3.05, 3.63) is 34.6 Å². The molecule has 1 unspecified atom stereocenters. The smallest absolute Gasteiger partial charge is 0.241 e. The third-order valence-corrected chi connectivity index (χ3v) is 5.20. The molecule has 2 aliphatic rings. The zero-order chi connectivity index (χ0) is 17.2. The summed E-state index contributed by atoms with van der Waals surface area (Å²) in [4.78, 5) is 19.0. The summed E-state index contributed by atoms with van der Waals surface area (Å²) < 4.78 is 6.40. The third kappa shape index (κ3) is 4.27. The monoisotopic (exact) mass is 404 g/mol. The molecule has 6 nitrogen and oxygen atoms in total. The average molecular weight is 405 g/mol. The van der Waals surface area contributed by atoms with Crippen molar-refractivity contribution in [1.82, 2.24) is 20.4 Å². The van der Waals surface area contributed by atoms with Crippen LogP contribution in [0.4, 0.5) is 0 Å². The predicted octanol–water partition coefficient (Wildman–Crippen LogP) is 2.99. The van der Waals surface area contributed by atoms with E-state index in [0.717, 1.165) is 48.8 Å².